The number of carbonyl (C=O) groups is 2. The summed E-state index contributed by atoms with van der Waals surface area (Å²) in [5, 5.41) is 12.2. The molecular weight excluding hydrogens is 898 g/mol. The molecule has 0 aliphatic carbocycles. The molecule has 0 radical (unpaired) electrons. The Morgan fingerprint density at radius 3 is 1.64 bits per heavy atom. The van der Waals surface area contributed by atoms with E-state index in [9.17, 15) is 9.59 Å². The number of unbranched alkanes of at least 4 members (excludes halogenated alkanes) is 2. The van der Waals surface area contributed by atoms with E-state index in [1.165, 1.54) is 0 Å². The molecule has 4 N–H and O–H groups in total. The number of nitrogens with two attached hydrogens (primary N) is 2. The van der Waals surface area contributed by atoms with Gasteiger partial charge in [0, 0.05) is 67.7 Å². The van der Waals surface area contributed by atoms with Gasteiger partial charge >= 0.3 is 0 Å². The van der Waals surface area contributed by atoms with E-state index >= 15 is 0 Å². The fourth-order valence-corrected chi connectivity index (χ4v) is 9.76. The highest BCUT2D eigenvalue weighted by molar-refractivity contribution is 6.37. The Morgan fingerprint density at radius 1 is 0.672 bits per heavy atom. The first-order valence-electron chi connectivity index (χ1n) is 22.6. The fourth-order valence-electron chi connectivity index (χ4n) is 9.22. The highest BCUT2D eigenvalue weighted by atomic mass is 35.5. The third-order valence-corrected chi connectivity index (χ3v) is 12.9. The molecule has 9 rings (SSSR count). The first kappa shape index (κ1) is 45.8. The summed E-state index contributed by atoms with van der Waals surface area (Å²) in [5.41, 5.74) is 18.1. The largest absolute Gasteiger partial charge is 0.495 e. The van der Waals surface area contributed by atoms with Crippen LogP contribution in [0, 0.1) is 13.8 Å². The molecule has 7 heterocycles. The average Bonchev–Trinajstić information content (AvgIpc) is 4.07. The summed E-state index contributed by atoms with van der Waals surface area (Å²) in [5.74, 6) is 0.650. The lowest BCUT2D eigenvalue weighted by Gasteiger charge is -2.26. The zero-order valence-corrected chi connectivity index (χ0v) is 39.7. The van der Waals surface area contributed by atoms with Crippen molar-refractivity contribution < 1.29 is 23.8 Å². The molecule has 0 unspecified atom stereocenters. The minimum absolute atomic E-state index is 0.232. The first-order valence-corrected chi connectivity index (χ1v) is 23.4. The minimum Gasteiger partial charge on any atom is -0.495 e. The number of hydrogen-bond acceptors (Lipinski definition) is 12. The van der Waals surface area contributed by atoms with Gasteiger partial charge in [-0.15, -0.1) is 0 Å². The topological polar surface area (TPSA) is 214 Å². The number of hydrogen-bond donors (Lipinski definition) is 2. The summed E-state index contributed by atoms with van der Waals surface area (Å²) < 4.78 is 25.9. The van der Waals surface area contributed by atoms with E-state index in [1.54, 1.807) is 31.4 Å². The molecule has 20 heteroatoms. The number of carbonyl (C=O) groups excluding carboxylic acids is 2. The van der Waals surface area contributed by atoms with E-state index in [1.807, 2.05) is 49.2 Å². The van der Waals surface area contributed by atoms with E-state index in [-0.39, 0.29) is 15.9 Å². The Kier molecular flexibility index (Phi) is 13.1. The summed E-state index contributed by atoms with van der Waals surface area (Å²) in [7, 11) is 1.56. The van der Waals surface area contributed by atoms with Crippen LogP contribution in [-0.2, 0) is 30.9 Å². The van der Waals surface area contributed by atoms with E-state index in [0.29, 0.717) is 120 Å². The molecule has 1 fully saturated rings. The van der Waals surface area contributed by atoms with E-state index in [4.69, 9.17) is 68.8 Å². The summed E-state index contributed by atoms with van der Waals surface area (Å²) >= 11 is 14.2. The summed E-state index contributed by atoms with van der Waals surface area (Å²) in [6, 6.07) is 10.7. The van der Waals surface area contributed by atoms with Crippen LogP contribution in [0.2, 0.25) is 10.3 Å². The lowest BCUT2D eigenvalue weighted by Crippen LogP contribution is -2.37. The number of nitrogens with zero attached hydrogens (tertiary/aromatic N) is 11. The van der Waals surface area contributed by atoms with Crippen LogP contribution in [0.4, 0.5) is 0 Å². The van der Waals surface area contributed by atoms with Crippen molar-refractivity contribution in [2.75, 3.05) is 46.6 Å². The number of aryl methyl sites for hydroxylation is 6. The van der Waals surface area contributed by atoms with Gasteiger partial charge in [-0.2, -0.15) is 10.2 Å². The molecule has 0 spiro atoms. The Bertz CT molecular complexity index is 3200. The third-order valence-electron chi connectivity index (χ3n) is 12.3. The first-order chi connectivity index (χ1) is 32.4. The van der Waals surface area contributed by atoms with Crippen LogP contribution in [0.1, 0.15) is 71.6 Å². The van der Waals surface area contributed by atoms with Gasteiger partial charge in [-0.3, -0.25) is 23.9 Å². The van der Waals surface area contributed by atoms with Crippen molar-refractivity contribution in [1.82, 2.24) is 53.5 Å². The maximum Gasteiger partial charge on any atom is 0.248 e. The average molecular weight is 951 g/mol. The van der Waals surface area contributed by atoms with E-state index in [0.717, 1.165) is 66.3 Å². The quantitative estimate of drug-likeness (QED) is 0.0638. The van der Waals surface area contributed by atoms with Gasteiger partial charge in [-0.05, 0) is 89.8 Å². The van der Waals surface area contributed by atoms with Gasteiger partial charge in [0.1, 0.15) is 44.5 Å². The van der Waals surface area contributed by atoms with Crippen LogP contribution in [0.25, 0.3) is 66.9 Å². The summed E-state index contributed by atoms with van der Waals surface area (Å²) in [6.45, 7) is 14.6. The molecule has 1 aliphatic heterocycles. The summed E-state index contributed by atoms with van der Waals surface area (Å²) in [6.07, 6.45) is 2.96. The minimum atomic E-state index is -0.598. The highest BCUT2D eigenvalue weighted by Gasteiger charge is 2.26. The molecule has 350 valence electrons. The van der Waals surface area contributed by atoms with Gasteiger partial charge in [-0.25, -0.2) is 19.9 Å². The van der Waals surface area contributed by atoms with Gasteiger partial charge in [0.15, 0.2) is 11.6 Å². The normalized spacial score (nSPS) is 13.5. The smallest absolute Gasteiger partial charge is 0.248 e. The molecule has 67 heavy (non-hydrogen) atoms. The van der Waals surface area contributed by atoms with Gasteiger partial charge in [0.05, 0.1) is 60.1 Å². The van der Waals surface area contributed by atoms with Crippen molar-refractivity contribution in [3.63, 3.8) is 0 Å². The molecule has 8 aromatic rings. The van der Waals surface area contributed by atoms with Crippen LogP contribution < -0.4 is 20.9 Å². The predicted molar refractivity (Wildman–Crippen MR) is 258 cm³/mol. The monoisotopic (exact) mass is 949 g/mol. The Balaban J connectivity index is 1.09. The zero-order chi connectivity index (χ0) is 47.1. The fraction of sp³-hybridized carbons (Fsp3) is 0.404. The Labute approximate surface area is 396 Å². The third kappa shape index (κ3) is 8.74. The van der Waals surface area contributed by atoms with Crippen LogP contribution >= 0.6 is 23.2 Å². The lowest BCUT2D eigenvalue weighted by molar-refractivity contribution is 0.0358. The van der Waals surface area contributed by atoms with Gasteiger partial charge in [0.2, 0.25) is 11.8 Å². The molecule has 0 bridgehead atoms. The number of methoxy groups -OCH3 is 1. The van der Waals surface area contributed by atoms with Crippen molar-refractivity contribution >= 4 is 78.9 Å². The number of benzene rings is 2. The number of fused-ring (bicyclic) bond motifs is 6. The van der Waals surface area contributed by atoms with Crippen molar-refractivity contribution in [3.05, 3.63) is 69.2 Å². The van der Waals surface area contributed by atoms with Crippen LogP contribution in [0.15, 0.2) is 36.4 Å². The van der Waals surface area contributed by atoms with Crippen molar-refractivity contribution in [3.8, 4) is 34.5 Å². The molecule has 2 amide bonds. The number of halogens is 2. The number of ether oxygens (including phenoxy) is 3. The van der Waals surface area contributed by atoms with E-state index in [2.05, 4.69) is 24.2 Å². The molecule has 0 saturated carbocycles. The Morgan fingerprint density at radius 2 is 1.16 bits per heavy atom. The lowest BCUT2D eigenvalue weighted by atomic mass is 10.1. The molecular formula is C47H53Cl2N13O5. The molecule has 6 aromatic heterocycles. The van der Waals surface area contributed by atoms with E-state index < -0.39 is 11.8 Å². The number of rotatable bonds is 18. The predicted octanol–water partition coefficient (Wildman–Crippen LogP) is 7.35. The molecule has 18 nitrogen and oxygen atoms in total. The second kappa shape index (κ2) is 19.1. The van der Waals surface area contributed by atoms with Crippen molar-refractivity contribution in [2.45, 2.75) is 79.6 Å². The van der Waals surface area contributed by atoms with Gasteiger partial charge in [0.25, 0.3) is 0 Å². The number of amides is 2. The van der Waals surface area contributed by atoms with Crippen LogP contribution in [-0.4, -0.2) is 112 Å². The zero-order valence-electron chi connectivity index (χ0n) is 38.2. The van der Waals surface area contributed by atoms with Gasteiger partial charge < -0.3 is 34.8 Å². The SMILES string of the molecule is CCn1nc(C)cc1-c1nc(Cl)c2c3cc(C(N)=O)cc(OC)c3n(CCCCCn3c4nc(-c5cc(C)nn5CC)nc(Cl)c4c4cc(C(N)=O)cc(OCCCN5CCOCC5)c43)c2n1. The molecule has 0 atom stereocenters. The Hall–Kier alpha value is -6.34. The molecule has 1 saturated heterocycles. The van der Waals surface area contributed by atoms with Gasteiger partial charge in [-0.1, -0.05) is 23.2 Å². The van der Waals surface area contributed by atoms with Crippen molar-refractivity contribution in [2.24, 2.45) is 11.5 Å². The standard InChI is InChI=1S/C47H53Cl2N13O5/c1-6-61-32(20-26(3)56-61)44-52-40(48)36-30-22-28(42(50)63)24-34(65-5)38(30)59(46(36)54-44)13-9-8-10-14-60-39-31(37-41(49)53-45(55-47(37)60)33-21-27(4)57-62(33)7-2)23-29(43(51)64)25-35(39)67-17-11-12-58-15-18-66-19-16-58/h20-25H,6-19H2,1-5H3,(H2,50,63)(H2,51,64). The molecule has 2 aromatic carbocycles. The number of primary amides is 2. The maximum absolute atomic E-state index is 12.8. The van der Waals surface area contributed by atoms with Crippen LogP contribution in [0.3, 0.4) is 0 Å². The second-order valence-electron chi connectivity index (χ2n) is 16.7. The summed E-state index contributed by atoms with van der Waals surface area (Å²) in [4.78, 5) is 47.5. The number of aromatic nitrogens is 10. The molecule has 1 aliphatic rings. The number of morpholine rings is 1. The second-order valence-corrected chi connectivity index (χ2v) is 17.5. The maximum atomic E-state index is 12.8. The van der Waals surface area contributed by atoms with Crippen molar-refractivity contribution in [1.29, 1.82) is 0 Å². The van der Waals surface area contributed by atoms with Crippen LogP contribution in [0.5, 0.6) is 11.5 Å². The highest BCUT2D eigenvalue weighted by Crippen LogP contribution is 2.41.